The first kappa shape index (κ1) is 23.1. The third-order valence-electron chi connectivity index (χ3n) is 5.10. The molecule has 4 aromatic rings. The van der Waals surface area contributed by atoms with Crippen molar-refractivity contribution < 1.29 is 14.2 Å². The van der Waals surface area contributed by atoms with Crippen molar-refractivity contribution in [3.63, 3.8) is 0 Å². The Balaban J connectivity index is 1.76. The minimum Gasteiger partial charge on any atom is -0.493 e. The van der Waals surface area contributed by atoms with Crippen molar-refractivity contribution >= 4 is 28.2 Å². The van der Waals surface area contributed by atoms with Crippen LogP contribution in [-0.4, -0.2) is 30.7 Å². The Hall–Kier alpha value is -5.02. The van der Waals surface area contributed by atoms with Crippen LogP contribution in [0.15, 0.2) is 54.6 Å². The molecule has 1 aromatic heterocycles. The third kappa shape index (κ3) is 5.00. The molecule has 35 heavy (non-hydrogen) atoms. The molecule has 174 valence electrons. The number of aromatic nitrogens is 2. The van der Waals surface area contributed by atoms with E-state index in [4.69, 9.17) is 19.5 Å². The van der Waals surface area contributed by atoms with Gasteiger partial charge in [-0.25, -0.2) is 0 Å². The highest BCUT2D eigenvalue weighted by molar-refractivity contribution is 5.94. The van der Waals surface area contributed by atoms with Crippen LogP contribution in [0, 0.1) is 22.7 Å². The first-order valence-electron chi connectivity index (χ1n) is 10.7. The summed E-state index contributed by atoms with van der Waals surface area (Å²) >= 11 is 0. The summed E-state index contributed by atoms with van der Waals surface area (Å²) in [4.78, 5) is 8.99. The predicted octanol–water partition coefficient (Wildman–Crippen LogP) is 5.36. The summed E-state index contributed by atoms with van der Waals surface area (Å²) in [5, 5.41) is 26.1. The minimum atomic E-state index is 0.261. The Labute approximate surface area is 202 Å². The van der Waals surface area contributed by atoms with Gasteiger partial charge in [-0.1, -0.05) is 0 Å². The van der Waals surface area contributed by atoms with Crippen molar-refractivity contribution in [1.29, 1.82) is 10.5 Å². The number of fused-ring (bicyclic) bond motifs is 1. The standard InChI is InChI=1S/C26H22N6O3/c1-4-29-22-13-23(32-26(31-22)30-19-8-5-16(14-27)6-9-19)35-25-21(33-2)12-18-11-17(15-28)7-10-20(18)24(25)34-3/h5-13H,4H2,1-3H3,(H2,29,30,31,32). The zero-order chi connectivity index (χ0) is 24.8. The third-order valence-corrected chi connectivity index (χ3v) is 5.10. The maximum absolute atomic E-state index is 9.25. The van der Waals surface area contributed by atoms with Gasteiger partial charge in [0.25, 0.3) is 0 Å². The maximum atomic E-state index is 9.25. The average molecular weight is 467 g/mol. The zero-order valence-electron chi connectivity index (χ0n) is 19.4. The highest BCUT2D eigenvalue weighted by Gasteiger charge is 2.19. The summed E-state index contributed by atoms with van der Waals surface area (Å²) in [6, 6.07) is 19.9. The number of ether oxygens (including phenoxy) is 3. The first-order chi connectivity index (χ1) is 17.1. The van der Waals surface area contributed by atoms with Crippen LogP contribution in [-0.2, 0) is 0 Å². The summed E-state index contributed by atoms with van der Waals surface area (Å²) < 4.78 is 17.5. The van der Waals surface area contributed by atoms with Gasteiger partial charge in [0.1, 0.15) is 5.82 Å². The van der Waals surface area contributed by atoms with E-state index in [2.05, 4.69) is 32.7 Å². The van der Waals surface area contributed by atoms with Gasteiger partial charge in [-0.3, -0.25) is 0 Å². The van der Waals surface area contributed by atoms with Crippen LogP contribution in [0.2, 0.25) is 0 Å². The van der Waals surface area contributed by atoms with Crippen molar-refractivity contribution in [3.8, 4) is 35.3 Å². The van der Waals surface area contributed by atoms with Gasteiger partial charge in [-0.2, -0.15) is 20.5 Å². The van der Waals surface area contributed by atoms with Gasteiger partial charge in [0.15, 0.2) is 11.5 Å². The van der Waals surface area contributed by atoms with Gasteiger partial charge in [0, 0.05) is 23.7 Å². The van der Waals surface area contributed by atoms with Crippen molar-refractivity contribution in [2.75, 3.05) is 31.4 Å². The van der Waals surface area contributed by atoms with Crippen molar-refractivity contribution in [1.82, 2.24) is 9.97 Å². The fraction of sp³-hybridized carbons (Fsp3) is 0.154. The maximum Gasteiger partial charge on any atom is 0.232 e. The Bertz CT molecular complexity index is 1460. The number of hydrogen-bond donors (Lipinski definition) is 2. The Morgan fingerprint density at radius 1 is 0.857 bits per heavy atom. The van der Waals surface area contributed by atoms with E-state index in [0.717, 1.165) is 16.5 Å². The second-order valence-corrected chi connectivity index (χ2v) is 7.35. The molecule has 1 heterocycles. The molecular weight excluding hydrogens is 444 g/mol. The molecule has 0 fully saturated rings. The van der Waals surface area contributed by atoms with E-state index in [-0.39, 0.29) is 5.88 Å². The minimum absolute atomic E-state index is 0.261. The molecule has 9 nitrogen and oxygen atoms in total. The second kappa shape index (κ2) is 10.3. The zero-order valence-corrected chi connectivity index (χ0v) is 19.4. The molecule has 4 rings (SSSR count). The number of nitrogens with one attached hydrogen (secondary N) is 2. The molecule has 0 saturated heterocycles. The van der Waals surface area contributed by atoms with Crippen LogP contribution in [0.1, 0.15) is 18.1 Å². The van der Waals surface area contributed by atoms with Crippen LogP contribution in [0.5, 0.6) is 23.1 Å². The van der Waals surface area contributed by atoms with Crippen LogP contribution in [0.3, 0.4) is 0 Å². The number of methoxy groups -OCH3 is 2. The molecule has 0 bridgehead atoms. The lowest BCUT2D eigenvalue weighted by molar-refractivity contribution is 0.345. The Kier molecular flexibility index (Phi) is 6.80. The topological polar surface area (TPSA) is 125 Å². The quantitative estimate of drug-likeness (QED) is 0.353. The largest absolute Gasteiger partial charge is 0.493 e. The number of rotatable bonds is 8. The lowest BCUT2D eigenvalue weighted by atomic mass is 10.1. The summed E-state index contributed by atoms with van der Waals surface area (Å²) in [5.74, 6) is 2.35. The molecule has 3 aromatic carbocycles. The van der Waals surface area contributed by atoms with E-state index in [0.29, 0.717) is 46.7 Å². The van der Waals surface area contributed by atoms with Crippen LogP contribution in [0.4, 0.5) is 17.5 Å². The lowest BCUT2D eigenvalue weighted by Crippen LogP contribution is -2.05. The average Bonchev–Trinajstić information content (AvgIpc) is 2.88. The number of nitriles is 2. The van der Waals surface area contributed by atoms with Crippen LogP contribution < -0.4 is 24.8 Å². The predicted molar refractivity (Wildman–Crippen MR) is 132 cm³/mol. The van der Waals surface area contributed by atoms with Crippen molar-refractivity contribution in [2.24, 2.45) is 0 Å². The Morgan fingerprint density at radius 3 is 2.26 bits per heavy atom. The van der Waals surface area contributed by atoms with Gasteiger partial charge < -0.3 is 24.8 Å². The first-order valence-corrected chi connectivity index (χ1v) is 10.7. The number of anilines is 3. The molecule has 0 atom stereocenters. The van der Waals surface area contributed by atoms with Crippen LogP contribution >= 0.6 is 0 Å². The fourth-order valence-electron chi connectivity index (χ4n) is 3.52. The normalized spacial score (nSPS) is 10.2. The molecule has 0 aliphatic rings. The summed E-state index contributed by atoms with van der Waals surface area (Å²) in [7, 11) is 3.07. The molecule has 0 aliphatic carbocycles. The van der Waals surface area contributed by atoms with Gasteiger partial charge in [-0.15, -0.1) is 0 Å². The van der Waals surface area contributed by atoms with Gasteiger partial charge in [0.05, 0.1) is 37.5 Å². The number of hydrogen-bond acceptors (Lipinski definition) is 9. The van der Waals surface area contributed by atoms with E-state index in [1.165, 1.54) is 7.11 Å². The van der Waals surface area contributed by atoms with E-state index in [9.17, 15) is 5.26 Å². The molecule has 2 N–H and O–H groups in total. The lowest BCUT2D eigenvalue weighted by Gasteiger charge is -2.17. The van der Waals surface area contributed by atoms with E-state index in [1.54, 1.807) is 61.7 Å². The fourth-order valence-corrected chi connectivity index (χ4v) is 3.52. The van der Waals surface area contributed by atoms with E-state index >= 15 is 0 Å². The molecule has 0 radical (unpaired) electrons. The summed E-state index contributed by atoms with van der Waals surface area (Å²) in [6.07, 6.45) is 0. The monoisotopic (exact) mass is 466 g/mol. The van der Waals surface area contributed by atoms with Gasteiger partial charge in [-0.05, 0) is 60.8 Å². The molecular formula is C26H22N6O3. The SMILES string of the molecule is CCNc1cc(Oc2c(OC)cc3cc(C#N)ccc3c2OC)nc(Nc2ccc(C#N)cc2)n1. The Morgan fingerprint density at radius 2 is 1.60 bits per heavy atom. The molecule has 0 unspecified atom stereocenters. The molecule has 0 aliphatic heterocycles. The van der Waals surface area contributed by atoms with Gasteiger partial charge in [0.2, 0.25) is 17.6 Å². The molecule has 0 spiro atoms. The molecule has 0 saturated carbocycles. The smallest absolute Gasteiger partial charge is 0.232 e. The van der Waals surface area contributed by atoms with E-state index in [1.807, 2.05) is 6.92 Å². The van der Waals surface area contributed by atoms with Crippen molar-refractivity contribution in [3.05, 3.63) is 65.7 Å². The highest BCUT2D eigenvalue weighted by atomic mass is 16.5. The van der Waals surface area contributed by atoms with Gasteiger partial charge >= 0.3 is 0 Å². The highest BCUT2D eigenvalue weighted by Crippen LogP contribution is 2.45. The summed E-state index contributed by atoms with van der Waals surface area (Å²) in [5.41, 5.74) is 1.80. The second-order valence-electron chi connectivity index (χ2n) is 7.35. The number of benzene rings is 3. The molecule has 9 heteroatoms. The van der Waals surface area contributed by atoms with Crippen molar-refractivity contribution in [2.45, 2.75) is 6.92 Å². The summed E-state index contributed by atoms with van der Waals surface area (Å²) in [6.45, 7) is 2.61. The van der Waals surface area contributed by atoms with Crippen LogP contribution in [0.25, 0.3) is 10.8 Å². The molecule has 0 amide bonds. The van der Waals surface area contributed by atoms with E-state index < -0.39 is 0 Å². The number of nitrogens with zero attached hydrogens (tertiary/aromatic N) is 4.